The van der Waals surface area contributed by atoms with E-state index in [0.717, 1.165) is 4.90 Å². The van der Waals surface area contributed by atoms with Gasteiger partial charge in [0.1, 0.15) is 6.10 Å². The lowest BCUT2D eigenvalue weighted by molar-refractivity contribution is -0.114. The first-order valence-corrected chi connectivity index (χ1v) is 7.93. The molecule has 0 saturated carbocycles. The third-order valence-electron chi connectivity index (χ3n) is 3.95. The van der Waals surface area contributed by atoms with Crippen molar-refractivity contribution in [2.75, 3.05) is 29.4 Å². The Kier molecular flexibility index (Phi) is 4.51. The van der Waals surface area contributed by atoms with Gasteiger partial charge >= 0.3 is 6.09 Å². The third-order valence-corrected chi connectivity index (χ3v) is 4.39. The summed E-state index contributed by atoms with van der Waals surface area (Å²) in [5.41, 5.74) is 5.28. The van der Waals surface area contributed by atoms with Crippen molar-refractivity contribution in [2.24, 2.45) is 5.73 Å². The number of hydrogen-bond donors (Lipinski definition) is 1. The molecule has 6 nitrogen and oxygen atoms in total. The number of nitrogens with two attached hydrogens (primary N) is 1. The average Bonchev–Trinajstić information content (AvgIpc) is 2.93. The van der Waals surface area contributed by atoms with E-state index in [1.807, 2.05) is 0 Å². The van der Waals surface area contributed by atoms with Crippen LogP contribution in [-0.4, -0.2) is 37.6 Å². The molecule has 1 fully saturated rings. The maximum atomic E-state index is 14.6. The van der Waals surface area contributed by atoms with Crippen LogP contribution in [0.25, 0.3) is 0 Å². The highest BCUT2D eigenvalue weighted by Gasteiger charge is 2.35. The van der Waals surface area contributed by atoms with Crippen LogP contribution in [0.15, 0.2) is 18.3 Å². The molecule has 2 aliphatic heterocycles. The maximum Gasteiger partial charge on any atom is 0.414 e. The van der Waals surface area contributed by atoms with Crippen molar-refractivity contribution in [2.45, 2.75) is 12.5 Å². The molecule has 1 aromatic carbocycles. The van der Waals surface area contributed by atoms with E-state index in [9.17, 15) is 18.4 Å². The van der Waals surface area contributed by atoms with Gasteiger partial charge in [-0.25, -0.2) is 13.6 Å². The van der Waals surface area contributed by atoms with Crippen LogP contribution in [-0.2, 0) is 9.53 Å². The van der Waals surface area contributed by atoms with Gasteiger partial charge in [0.25, 0.3) is 0 Å². The molecule has 1 saturated heterocycles. The number of allylic oxidation sites excluding steroid dienone is 1. The molecule has 2 N–H and O–H groups in total. The van der Waals surface area contributed by atoms with Crippen LogP contribution < -0.4 is 20.8 Å². The van der Waals surface area contributed by atoms with Crippen LogP contribution in [0.3, 0.4) is 0 Å². The minimum absolute atomic E-state index is 0.0212. The number of ether oxygens (including phenoxy) is 1. The second-order valence-corrected chi connectivity index (χ2v) is 6.16. The van der Waals surface area contributed by atoms with Crippen LogP contribution in [0, 0.1) is 11.6 Å². The number of cyclic esters (lactones) is 1. The number of rotatable bonds is 3. The number of anilines is 2. The van der Waals surface area contributed by atoms with Crippen LogP contribution in [0.1, 0.15) is 6.42 Å². The van der Waals surface area contributed by atoms with Gasteiger partial charge in [0.05, 0.1) is 17.9 Å². The zero-order chi connectivity index (χ0) is 17.4. The van der Waals surface area contributed by atoms with Crippen LogP contribution in [0.5, 0.6) is 0 Å². The summed E-state index contributed by atoms with van der Waals surface area (Å²) < 4.78 is 34.1. The fourth-order valence-corrected chi connectivity index (χ4v) is 3.15. The number of carbonyl (C=O) groups is 2. The summed E-state index contributed by atoms with van der Waals surface area (Å²) in [5, 5.41) is 0.367. The lowest BCUT2D eigenvalue weighted by atomic mass is 10.1. The molecule has 1 amide bonds. The lowest BCUT2D eigenvalue weighted by Crippen LogP contribution is -2.31. The van der Waals surface area contributed by atoms with E-state index < -0.39 is 23.8 Å². The molecule has 3 rings (SSSR count). The molecule has 0 spiro atoms. The Morgan fingerprint density at radius 3 is 2.67 bits per heavy atom. The first-order chi connectivity index (χ1) is 11.4. The smallest absolute Gasteiger partial charge is 0.414 e. The third kappa shape index (κ3) is 2.87. The predicted molar refractivity (Wildman–Crippen MR) is 88.5 cm³/mol. The standard InChI is InChI=1S/C15H16F2N3O3P/c16-12-10(20-7-9(6-18)23-15(20)22)5-11(24)14(13(12)17)19-3-1-8(21)2-4-19/h1,3,5,9H,2,4,6-7,18,24H2. The summed E-state index contributed by atoms with van der Waals surface area (Å²) in [6.07, 6.45) is 1.65. The molecule has 0 aliphatic carbocycles. The number of ketones is 1. The topological polar surface area (TPSA) is 75.9 Å². The van der Waals surface area contributed by atoms with Crippen molar-refractivity contribution in [3.63, 3.8) is 0 Å². The maximum absolute atomic E-state index is 14.6. The normalized spacial score (nSPS) is 20.8. The van der Waals surface area contributed by atoms with Gasteiger partial charge in [-0.3, -0.25) is 9.69 Å². The van der Waals surface area contributed by atoms with Crippen molar-refractivity contribution in [3.05, 3.63) is 30.0 Å². The van der Waals surface area contributed by atoms with Crippen molar-refractivity contribution in [1.82, 2.24) is 0 Å². The van der Waals surface area contributed by atoms with E-state index in [1.165, 1.54) is 23.2 Å². The SMILES string of the molecule is NCC1CN(c2cc(P)c(N3C=CC(=O)CC3)c(F)c2F)C(=O)O1. The van der Waals surface area contributed by atoms with Gasteiger partial charge < -0.3 is 15.4 Å². The largest absolute Gasteiger partial charge is 0.443 e. The highest BCUT2D eigenvalue weighted by atomic mass is 31.0. The van der Waals surface area contributed by atoms with E-state index in [1.54, 1.807) is 0 Å². The minimum atomic E-state index is -1.14. The zero-order valence-corrected chi connectivity index (χ0v) is 13.8. The Bertz CT molecular complexity index is 741. The molecule has 1 aromatic rings. The quantitative estimate of drug-likeness (QED) is 0.820. The second kappa shape index (κ2) is 6.45. The zero-order valence-electron chi connectivity index (χ0n) is 12.7. The second-order valence-electron chi connectivity index (χ2n) is 5.54. The van der Waals surface area contributed by atoms with Crippen LogP contribution in [0.4, 0.5) is 25.0 Å². The summed E-state index contributed by atoms with van der Waals surface area (Å²) in [5.74, 6) is -2.29. The van der Waals surface area contributed by atoms with E-state index in [0.29, 0.717) is 5.30 Å². The number of halogens is 2. The monoisotopic (exact) mass is 355 g/mol. The molecule has 9 heteroatoms. The van der Waals surface area contributed by atoms with Gasteiger partial charge in [0, 0.05) is 25.7 Å². The molecule has 0 radical (unpaired) electrons. The van der Waals surface area contributed by atoms with E-state index in [4.69, 9.17) is 10.5 Å². The molecule has 128 valence electrons. The van der Waals surface area contributed by atoms with Crippen molar-refractivity contribution >= 4 is 37.8 Å². The number of carbonyl (C=O) groups excluding carboxylic acids is 2. The van der Waals surface area contributed by atoms with Gasteiger partial charge in [-0.1, -0.05) is 0 Å². The highest BCUT2D eigenvalue weighted by Crippen LogP contribution is 2.32. The molecule has 24 heavy (non-hydrogen) atoms. The molecule has 2 unspecified atom stereocenters. The van der Waals surface area contributed by atoms with Crippen molar-refractivity contribution in [1.29, 1.82) is 0 Å². The molecule has 0 bridgehead atoms. The summed E-state index contributed by atoms with van der Waals surface area (Å²) in [7, 11) is 2.33. The first-order valence-electron chi connectivity index (χ1n) is 7.35. The summed E-state index contributed by atoms with van der Waals surface area (Å²) in [4.78, 5) is 25.6. The number of benzene rings is 1. The van der Waals surface area contributed by atoms with E-state index in [-0.39, 0.29) is 43.2 Å². The van der Waals surface area contributed by atoms with Gasteiger partial charge in [0.15, 0.2) is 17.4 Å². The molecule has 2 atom stereocenters. The molecule has 0 aromatic heterocycles. The molecule has 2 aliphatic rings. The number of hydrogen-bond acceptors (Lipinski definition) is 5. The molecular formula is C15H16F2N3O3P. The fraction of sp³-hybridized carbons (Fsp3) is 0.333. The first kappa shape index (κ1) is 16.8. The summed E-state index contributed by atoms with van der Waals surface area (Å²) in [6, 6.07) is 1.36. The Balaban J connectivity index is 1.99. The highest BCUT2D eigenvalue weighted by molar-refractivity contribution is 7.28. The van der Waals surface area contributed by atoms with Crippen molar-refractivity contribution in [3.8, 4) is 0 Å². The lowest BCUT2D eigenvalue weighted by Gasteiger charge is -2.26. The fourth-order valence-electron chi connectivity index (χ4n) is 2.70. The van der Waals surface area contributed by atoms with Gasteiger partial charge in [-0.2, -0.15) is 0 Å². The Morgan fingerprint density at radius 1 is 1.33 bits per heavy atom. The van der Waals surface area contributed by atoms with Gasteiger partial charge in [-0.15, -0.1) is 9.24 Å². The summed E-state index contributed by atoms with van der Waals surface area (Å²) in [6.45, 7) is 0.422. The predicted octanol–water partition coefficient (Wildman–Crippen LogP) is 1.04. The Hall–Kier alpha value is -2.05. The summed E-state index contributed by atoms with van der Waals surface area (Å²) >= 11 is 0. The van der Waals surface area contributed by atoms with E-state index >= 15 is 0 Å². The van der Waals surface area contributed by atoms with E-state index in [2.05, 4.69) is 9.24 Å². The molecule has 2 heterocycles. The van der Waals surface area contributed by atoms with Gasteiger partial charge in [0.2, 0.25) is 0 Å². The Labute approximate surface area is 139 Å². The minimum Gasteiger partial charge on any atom is -0.443 e. The average molecular weight is 355 g/mol. The van der Waals surface area contributed by atoms with Crippen molar-refractivity contribution < 1.29 is 23.1 Å². The van der Waals surface area contributed by atoms with Crippen LogP contribution >= 0.6 is 9.24 Å². The van der Waals surface area contributed by atoms with Gasteiger partial charge in [-0.05, 0) is 17.4 Å². The number of amides is 1. The Morgan fingerprint density at radius 2 is 2.08 bits per heavy atom. The number of nitrogens with zero attached hydrogens (tertiary/aromatic N) is 2. The van der Waals surface area contributed by atoms with Crippen LogP contribution in [0.2, 0.25) is 0 Å². The molecular weight excluding hydrogens is 339 g/mol.